The number of hydrogen-bond acceptors (Lipinski definition) is 4. The summed E-state index contributed by atoms with van der Waals surface area (Å²) in [6.07, 6.45) is -2.21. The number of amides is 1. The van der Waals surface area contributed by atoms with E-state index in [0.717, 1.165) is 5.56 Å². The quantitative estimate of drug-likeness (QED) is 0.451. The molecule has 0 fully saturated rings. The van der Waals surface area contributed by atoms with Gasteiger partial charge in [0.1, 0.15) is 6.23 Å². The van der Waals surface area contributed by atoms with Crippen molar-refractivity contribution in [2.45, 2.75) is 25.4 Å². The molecule has 0 radical (unpaired) electrons. The van der Waals surface area contributed by atoms with Crippen LogP contribution in [-0.2, 0) is 20.9 Å². The van der Waals surface area contributed by atoms with Crippen molar-refractivity contribution in [2.24, 2.45) is 0 Å². The maximum Gasteiger partial charge on any atom is 0.332 e. The van der Waals surface area contributed by atoms with Crippen molar-refractivity contribution in [3.05, 3.63) is 35.9 Å². The molecule has 2 atom stereocenters. The van der Waals surface area contributed by atoms with Crippen molar-refractivity contribution in [1.29, 1.82) is 0 Å². The van der Waals surface area contributed by atoms with Crippen molar-refractivity contribution in [1.82, 2.24) is 5.32 Å². The number of aliphatic carboxylic acids is 1. The first kappa shape index (κ1) is 14.1. The molecule has 2 unspecified atom stereocenters. The molecule has 0 saturated heterocycles. The number of carbonyl (C=O) groups is 2. The van der Waals surface area contributed by atoms with Gasteiger partial charge in [-0.3, -0.25) is 4.79 Å². The molecule has 98 valence electrons. The predicted molar refractivity (Wildman–Crippen MR) is 62.5 cm³/mol. The van der Waals surface area contributed by atoms with E-state index in [1.807, 2.05) is 30.3 Å². The maximum atomic E-state index is 10.5. The molecule has 1 amide bonds. The third kappa shape index (κ3) is 4.94. The summed E-state index contributed by atoms with van der Waals surface area (Å²) < 4.78 is 5.32. The smallest absolute Gasteiger partial charge is 0.332 e. The zero-order chi connectivity index (χ0) is 13.4. The van der Waals surface area contributed by atoms with E-state index in [1.54, 1.807) is 0 Å². The van der Waals surface area contributed by atoms with Crippen LogP contribution in [0, 0.1) is 0 Å². The minimum absolute atomic E-state index is 0.207. The summed E-state index contributed by atoms with van der Waals surface area (Å²) in [5.74, 6) is -1.35. The summed E-state index contributed by atoms with van der Waals surface area (Å²) >= 11 is 0. The average Bonchev–Trinajstić information content (AvgIpc) is 2.37. The third-order valence-electron chi connectivity index (χ3n) is 2.27. The second-order valence-electron chi connectivity index (χ2n) is 3.66. The highest BCUT2D eigenvalue weighted by Crippen LogP contribution is 2.06. The van der Waals surface area contributed by atoms with Crippen LogP contribution in [0.3, 0.4) is 0 Å². The van der Waals surface area contributed by atoms with Crippen LogP contribution < -0.4 is 5.32 Å². The molecule has 0 saturated carbocycles. The fourth-order valence-electron chi connectivity index (χ4n) is 1.33. The molecular weight excluding hydrogens is 238 g/mol. The van der Waals surface area contributed by atoms with Gasteiger partial charge in [-0.25, -0.2) is 4.79 Å². The Balaban J connectivity index is 2.47. The summed E-state index contributed by atoms with van der Waals surface area (Å²) in [5, 5.41) is 20.1. The first-order valence-electron chi connectivity index (χ1n) is 5.39. The Kier molecular flexibility index (Phi) is 5.83. The lowest BCUT2D eigenvalue weighted by atomic mass is 10.2. The number of rotatable bonds is 8. The number of ether oxygens (including phenoxy) is 1. The van der Waals surface area contributed by atoms with Gasteiger partial charge in [-0.05, 0) is 5.56 Å². The first-order chi connectivity index (χ1) is 8.63. The maximum absolute atomic E-state index is 10.5. The van der Waals surface area contributed by atoms with Crippen LogP contribution in [0.2, 0.25) is 0 Å². The fraction of sp³-hybridized carbons (Fsp3) is 0.333. The SMILES string of the molecule is O=CNC(CC(O)C(=O)O)OCc1ccccc1. The highest BCUT2D eigenvalue weighted by Gasteiger charge is 2.20. The summed E-state index contributed by atoms with van der Waals surface area (Å²) in [4.78, 5) is 20.8. The van der Waals surface area contributed by atoms with Gasteiger partial charge in [0.2, 0.25) is 6.41 Å². The number of carboxylic acids is 1. The van der Waals surface area contributed by atoms with Gasteiger partial charge in [-0.15, -0.1) is 0 Å². The van der Waals surface area contributed by atoms with E-state index in [4.69, 9.17) is 9.84 Å². The van der Waals surface area contributed by atoms with Crippen LogP contribution in [0.1, 0.15) is 12.0 Å². The van der Waals surface area contributed by atoms with Gasteiger partial charge in [0, 0.05) is 6.42 Å². The zero-order valence-corrected chi connectivity index (χ0v) is 9.65. The molecule has 0 aromatic heterocycles. The fourth-order valence-corrected chi connectivity index (χ4v) is 1.33. The molecule has 0 aliphatic carbocycles. The number of carboxylic acid groups (broad SMARTS) is 1. The van der Waals surface area contributed by atoms with Crippen molar-refractivity contribution < 1.29 is 24.5 Å². The number of benzene rings is 1. The van der Waals surface area contributed by atoms with E-state index < -0.39 is 18.3 Å². The summed E-state index contributed by atoms with van der Waals surface area (Å²) in [7, 11) is 0. The van der Waals surface area contributed by atoms with Crippen LogP contribution >= 0.6 is 0 Å². The van der Waals surface area contributed by atoms with E-state index in [1.165, 1.54) is 0 Å². The normalized spacial score (nSPS) is 13.6. The molecule has 1 rings (SSSR count). The monoisotopic (exact) mass is 253 g/mol. The molecule has 18 heavy (non-hydrogen) atoms. The molecule has 0 bridgehead atoms. The lowest BCUT2D eigenvalue weighted by Crippen LogP contribution is -2.36. The molecular formula is C12H15NO5. The highest BCUT2D eigenvalue weighted by atomic mass is 16.5. The molecule has 6 heteroatoms. The molecule has 1 aromatic carbocycles. The largest absolute Gasteiger partial charge is 0.479 e. The van der Waals surface area contributed by atoms with Crippen LogP contribution in [0.15, 0.2) is 30.3 Å². The Morgan fingerprint density at radius 3 is 2.61 bits per heavy atom. The Hall–Kier alpha value is -1.92. The predicted octanol–water partition coefficient (Wildman–Crippen LogP) is 0.111. The van der Waals surface area contributed by atoms with E-state index >= 15 is 0 Å². The molecule has 6 nitrogen and oxygen atoms in total. The van der Waals surface area contributed by atoms with Gasteiger partial charge >= 0.3 is 5.97 Å². The van der Waals surface area contributed by atoms with Crippen molar-refractivity contribution >= 4 is 12.4 Å². The van der Waals surface area contributed by atoms with E-state index in [-0.39, 0.29) is 13.0 Å². The lowest BCUT2D eigenvalue weighted by Gasteiger charge is -2.18. The second-order valence-corrected chi connectivity index (χ2v) is 3.66. The Morgan fingerprint density at radius 1 is 1.39 bits per heavy atom. The number of aliphatic hydroxyl groups is 1. The number of carbonyl (C=O) groups excluding carboxylic acids is 1. The second kappa shape index (κ2) is 7.41. The molecule has 0 aliphatic rings. The van der Waals surface area contributed by atoms with Gasteiger partial charge < -0.3 is 20.3 Å². The van der Waals surface area contributed by atoms with Gasteiger partial charge in [-0.2, -0.15) is 0 Å². The zero-order valence-electron chi connectivity index (χ0n) is 9.65. The number of hydrogen-bond donors (Lipinski definition) is 3. The molecule has 0 aliphatic heterocycles. The van der Waals surface area contributed by atoms with Gasteiger partial charge in [-0.1, -0.05) is 30.3 Å². The number of nitrogens with one attached hydrogen (secondary N) is 1. The Labute approximate surface area is 104 Å². The molecule has 0 spiro atoms. The van der Waals surface area contributed by atoms with E-state index in [2.05, 4.69) is 5.32 Å². The first-order valence-corrected chi connectivity index (χ1v) is 5.39. The average molecular weight is 253 g/mol. The van der Waals surface area contributed by atoms with Crippen molar-refractivity contribution in [3.8, 4) is 0 Å². The van der Waals surface area contributed by atoms with Gasteiger partial charge in [0.15, 0.2) is 6.10 Å². The van der Waals surface area contributed by atoms with Crippen LogP contribution in [-0.4, -0.2) is 34.9 Å². The Bertz CT molecular complexity index is 381. The molecule has 3 N–H and O–H groups in total. The third-order valence-corrected chi connectivity index (χ3v) is 2.27. The van der Waals surface area contributed by atoms with Crippen LogP contribution in [0.5, 0.6) is 0 Å². The van der Waals surface area contributed by atoms with Gasteiger partial charge in [0.25, 0.3) is 0 Å². The van der Waals surface area contributed by atoms with E-state index in [0.29, 0.717) is 6.41 Å². The lowest BCUT2D eigenvalue weighted by molar-refractivity contribution is -0.149. The topological polar surface area (TPSA) is 95.9 Å². The van der Waals surface area contributed by atoms with E-state index in [9.17, 15) is 14.7 Å². The van der Waals surface area contributed by atoms with Crippen LogP contribution in [0.25, 0.3) is 0 Å². The molecule has 0 heterocycles. The standard InChI is InChI=1S/C12H15NO5/c14-8-13-11(6-10(15)12(16)17)18-7-9-4-2-1-3-5-9/h1-5,8,10-11,15H,6-7H2,(H,13,14)(H,16,17). The number of aliphatic hydroxyl groups excluding tert-OH is 1. The molecule has 1 aromatic rings. The minimum atomic E-state index is -1.57. The Morgan fingerprint density at radius 2 is 2.06 bits per heavy atom. The summed E-state index contributed by atoms with van der Waals surface area (Å²) in [6, 6.07) is 9.22. The van der Waals surface area contributed by atoms with Crippen molar-refractivity contribution in [3.63, 3.8) is 0 Å². The minimum Gasteiger partial charge on any atom is -0.479 e. The highest BCUT2D eigenvalue weighted by molar-refractivity contribution is 5.71. The summed E-state index contributed by atoms with van der Waals surface area (Å²) in [5.41, 5.74) is 0.889. The summed E-state index contributed by atoms with van der Waals surface area (Å²) in [6.45, 7) is 0.221. The van der Waals surface area contributed by atoms with Crippen LogP contribution in [0.4, 0.5) is 0 Å². The van der Waals surface area contributed by atoms with Crippen molar-refractivity contribution in [2.75, 3.05) is 0 Å². The van der Waals surface area contributed by atoms with Gasteiger partial charge in [0.05, 0.1) is 6.61 Å².